The topological polar surface area (TPSA) is 110 Å². The number of carbonyl (C=O) groups excluding carboxylic acids is 2. The number of rotatable bonds is 8. The molecule has 0 saturated carbocycles. The zero-order valence-electron chi connectivity index (χ0n) is 23.5. The predicted molar refractivity (Wildman–Crippen MR) is 160 cm³/mol. The molecule has 0 fully saturated rings. The van der Waals surface area contributed by atoms with E-state index in [1.54, 1.807) is 67.8 Å². The number of amides is 2. The van der Waals surface area contributed by atoms with Gasteiger partial charge in [-0.05, 0) is 76.4 Å². The van der Waals surface area contributed by atoms with Gasteiger partial charge in [0.2, 0.25) is 0 Å². The SMILES string of the molecule is Cc1cc(C(=O)Nc2cccc(C#Cc3cncc(C(=O)N=[S@](=O)(CCCN(C)C)c4ccccc4)c3)c2)n(C)n1. The van der Waals surface area contributed by atoms with Crippen LogP contribution in [0.25, 0.3) is 0 Å². The van der Waals surface area contributed by atoms with E-state index < -0.39 is 15.6 Å². The number of hydrogen-bond acceptors (Lipinski definition) is 6. The Bertz CT molecular complexity index is 1740. The van der Waals surface area contributed by atoms with Crippen LogP contribution in [-0.2, 0) is 16.8 Å². The number of nitrogens with zero attached hydrogens (tertiary/aromatic N) is 5. The standard InChI is InChI=1S/C31H32N6O3S/c1-23-18-29(37(4)34-23)31(39)33-27-11-8-10-24(20-27)14-15-25-19-26(22-32-21-25)30(38)35-41(40,17-9-16-36(2)3)28-12-6-5-7-13-28/h5-8,10-13,18-22H,9,16-17H2,1-4H3,(H,33,39)/t41-/m0/s1. The summed E-state index contributed by atoms with van der Waals surface area (Å²) in [5.41, 5.74) is 3.17. The largest absolute Gasteiger partial charge is 0.321 e. The Labute approximate surface area is 240 Å². The Morgan fingerprint density at radius 3 is 2.46 bits per heavy atom. The van der Waals surface area contributed by atoms with Crippen LogP contribution < -0.4 is 5.32 Å². The van der Waals surface area contributed by atoms with Crippen LogP contribution in [0.5, 0.6) is 0 Å². The average molecular weight is 569 g/mol. The number of benzene rings is 2. The molecule has 9 nitrogen and oxygen atoms in total. The van der Waals surface area contributed by atoms with Gasteiger partial charge in [-0.3, -0.25) is 19.3 Å². The van der Waals surface area contributed by atoms with E-state index in [1.165, 1.54) is 10.9 Å². The highest BCUT2D eigenvalue weighted by atomic mass is 32.2. The second kappa shape index (κ2) is 13.2. The third kappa shape index (κ3) is 7.97. The van der Waals surface area contributed by atoms with Gasteiger partial charge >= 0.3 is 0 Å². The van der Waals surface area contributed by atoms with Crippen LogP contribution in [0, 0.1) is 18.8 Å². The molecule has 0 spiro atoms. The summed E-state index contributed by atoms with van der Waals surface area (Å²) in [6.07, 6.45) is 3.58. The second-order valence-corrected chi connectivity index (χ2v) is 12.1. The number of aromatic nitrogens is 3. The fourth-order valence-electron chi connectivity index (χ4n) is 4.07. The highest BCUT2D eigenvalue weighted by Crippen LogP contribution is 2.18. The van der Waals surface area contributed by atoms with E-state index in [0.29, 0.717) is 33.8 Å². The molecule has 0 aliphatic rings. The van der Waals surface area contributed by atoms with Crippen LogP contribution in [0.1, 0.15) is 44.1 Å². The minimum atomic E-state index is -2.97. The van der Waals surface area contributed by atoms with Crippen molar-refractivity contribution in [3.8, 4) is 11.8 Å². The van der Waals surface area contributed by atoms with Crippen LogP contribution in [0.4, 0.5) is 5.69 Å². The van der Waals surface area contributed by atoms with Crippen LogP contribution in [-0.4, -0.2) is 62.1 Å². The van der Waals surface area contributed by atoms with Crippen molar-refractivity contribution in [3.63, 3.8) is 0 Å². The predicted octanol–water partition coefficient (Wildman–Crippen LogP) is 4.39. The maximum atomic E-state index is 13.9. The highest BCUT2D eigenvalue weighted by molar-refractivity contribution is 7.94. The van der Waals surface area contributed by atoms with Crippen molar-refractivity contribution in [2.24, 2.45) is 11.4 Å². The quantitative estimate of drug-likeness (QED) is 0.316. The van der Waals surface area contributed by atoms with Crippen molar-refractivity contribution < 1.29 is 13.8 Å². The number of anilines is 1. The van der Waals surface area contributed by atoms with Crippen molar-refractivity contribution in [2.45, 2.75) is 18.2 Å². The molecule has 41 heavy (non-hydrogen) atoms. The fourth-order valence-corrected chi connectivity index (χ4v) is 5.98. The molecule has 0 radical (unpaired) electrons. The van der Waals surface area contributed by atoms with Gasteiger partial charge < -0.3 is 10.2 Å². The lowest BCUT2D eigenvalue weighted by Gasteiger charge is -2.13. The molecule has 2 amide bonds. The molecular formula is C31H32N6O3S. The van der Waals surface area contributed by atoms with Crippen molar-refractivity contribution in [1.29, 1.82) is 0 Å². The van der Waals surface area contributed by atoms with E-state index in [9.17, 15) is 13.8 Å². The van der Waals surface area contributed by atoms with Crippen LogP contribution in [0.2, 0.25) is 0 Å². The van der Waals surface area contributed by atoms with E-state index in [4.69, 9.17) is 0 Å². The monoisotopic (exact) mass is 568 g/mol. The molecule has 0 saturated heterocycles. The van der Waals surface area contributed by atoms with Gasteiger partial charge in [-0.2, -0.15) is 9.46 Å². The molecular weight excluding hydrogens is 536 g/mol. The minimum Gasteiger partial charge on any atom is -0.321 e. The Balaban J connectivity index is 1.54. The van der Waals surface area contributed by atoms with Gasteiger partial charge in [-0.15, -0.1) is 0 Å². The average Bonchev–Trinajstić information content (AvgIpc) is 3.30. The lowest BCUT2D eigenvalue weighted by Crippen LogP contribution is -2.18. The van der Waals surface area contributed by atoms with Crippen LogP contribution >= 0.6 is 0 Å². The lowest BCUT2D eigenvalue weighted by molar-refractivity contribution is 0.0999. The van der Waals surface area contributed by atoms with Gasteiger partial charge in [-0.1, -0.05) is 36.1 Å². The summed E-state index contributed by atoms with van der Waals surface area (Å²) >= 11 is 0. The molecule has 4 aromatic rings. The third-order valence-electron chi connectivity index (χ3n) is 6.06. The zero-order valence-corrected chi connectivity index (χ0v) is 24.3. The lowest BCUT2D eigenvalue weighted by atomic mass is 10.1. The van der Waals surface area contributed by atoms with Crippen molar-refractivity contribution in [2.75, 3.05) is 31.7 Å². The van der Waals surface area contributed by atoms with E-state index in [0.717, 1.165) is 12.2 Å². The number of nitrogens with one attached hydrogen (secondary N) is 1. The number of aryl methyl sites for hydroxylation is 2. The van der Waals surface area contributed by atoms with Crippen molar-refractivity contribution in [3.05, 3.63) is 107 Å². The van der Waals surface area contributed by atoms with Gasteiger partial charge in [0.15, 0.2) is 0 Å². The molecule has 2 heterocycles. The molecule has 2 aromatic carbocycles. The van der Waals surface area contributed by atoms with Crippen LogP contribution in [0.3, 0.4) is 0 Å². The smallest absolute Gasteiger partial charge is 0.286 e. The van der Waals surface area contributed by atoms with E-state index >= 15 is 0 Å². The summed E-state index contributed by atoms with van der Waals surface area (Å²) in [5.74, 6) is 5.45. The molecule has 0 aliphatic heterocycles. The second-order valence-electron chi connectivity index (χ2n) is 9.75. The first-order chi connectivity index (χ1) is 19.6. The Morgan fingerprint density at radius 2 is 1.76 bits per heavy atom. The van der Waals surface area contributed by atoms with E-state index in [2.05, 4.69) is 31.6 Å². The van der Waals surface area contributed by atoms with Crippen molar-refractivity contribution in [1.82, 2.24) is 19.7 Å². The molecule has 0 bridgehead atoms. The van der Waals surface area contributed by atoms with Crippen molar-refractivity contribution >= 4 is 27.2 Å². The molecule has 4 rings (SSSR count). The zero-order chi connectivity index (χ0) is 29.4. The molecule has 1 N–H and O–H groups in total. The summed E-state index contributed by atoms with van der Waals surface area (Å²) in [6, 6.07) is 19.3. The highest BCUT2D eigenvalue weighted by Gasteiger charge is 2.17. The van der Waals surface area contributed by atoms with Crippen LogP contribution in [0.15, 0.2) is 88.4 Å². The molecule has 0 aliphatic carbocycles. The first-order valence-electron chi connectivity index (χ1n) is 13.0. The normalized spacial score (nSPS) is 12.2. The third-order valence-corrected chi connectivity index (χ3v) is 8.37. The summed E-state index contributed by atoms with van der Waals surface area (Å²) in [6.45, 7) is 2.56. The Kier molecular flexibility index (Phi) is 9.45. The maximum Gasteiger partial charge on any atom is 0.286 e. The molecule has 210 valence electrons. The summed E-state index contributed by atoms with van der Waals surface area (Å²) < 4.78 is 19.6. The number of carbonyl (C=O) groups is 2. The maximum absolute atomic E-state index is 13.9. The van der Waals surface area contributed by atoms with Gasteiger partial charge in [-0.25, -0.2) is 4.21 Å². The summed E-state index contributed by atoms with van der Waals surface area (Å²) in [4.78, 5) is 32.5. The molecule has 1 atom stereocenters. The van der Waals surface area contributed by atoms with E-state index in [1.807, 2.05) is 38.1 Å². The summed E-state index contributed by atoms with van der Waals surface area (Å²) in [5, 5.41) is 7.07. The Morgan fingerprint density at radius 1 is 1.00 bits per heavy atom. The van der Waals surface area contributed by atoms with Gasteiger partial charge in [0.1, 0.15) is 5.69 Å². The van der Waals surface area contributed by atoms with Gasteiger partial charge in [0, 0.05) is 46.9 Å². The summed E-state index contributed by atoms with van der Waals surface area (Å²) in [7, 11) is 2.64. The van der Waals surface area contributed by atoms with Gasteiger partial charge in [0.05, 0.1) is 21.0 Å². The molecule has 10 heteroatoms. The molecule has 2 aromatic heterocycles. The first-order valence-corrected chi connectivity index (χ1v) is 14.7. The number of pyridine rings is 1. The minimum absolute atomic E-state index is 0.209. The Hall–Kier alpha value is -4.59. The fraction of sp³-hybridized carbons (Fsp3) is 0.226. The number of hydrogen-bond donors (Lipinski definition) is 1. The van der Waals surface area contributed by atoms with Gasteiger partial charge in [0.25, 0.3) is 11.8 Å². The molecule has 0 unspecified atom stereocenters. The first kappa shape index (κ1) is 29.4. The van der Waals surface area contributed by atoms with E-state index in [-0.39, 0.29) is 17.2 Å².